The Bertz CT molecular complexity index is 3210. The van der Waals surface area contributed by atoms with Gasteiger partial charge < -0.3 is 4.57 Å². The summed E-state index contributed by atoms with van der Waals surface area (Å²) in [6.07, 6.45) is 3.76. The minimum Gasteiger partial charge on any atom is -0.309 e. The molecule has 0 aliphatic heterocycles. The van der Waals surface area contributed by atoms with Crippen LogP contribution in [-0.2, 0) is 0 Å². The standard InChI is InChI=1S/C50H29N3/c51-29-31-12-21-47-46(23-31)45-18-17-32(28-48(45)53(47)40-8-2-1-3-9-40)41-19-20-42(44-11-5-4-10-43(41)44)39-26-35-15-13-33-24-38(37-7-6-22-52-30-37)25-34-14-16-36(27-39)50(35)49(33)34/h1-28,30H. The molecule has 0 fully saturated rings. The molecule has 0 aliphatic carbocycles. The summed E-state index contributed by atoms with van der Waals surface area (Å²) in [5.41, 5.74) is 11.1. The second kappa shape index (κ2) is 11.4. The zero-order valence-corrected chi connectivity index (χ0v) is 28.6. The van der Waals surface area contributed by atoms with Crippen molar-refractivity contribution in [2.75, 3.05) is 0 Å². The zero-order valence-electron chi connectivity index (χ0n) is 28.6. The Labute approximate surface area is 305 Å². The van der Waals surface area contributed by atoms with Crippen molar-refractivity contribution in [2.24, 2.45) is 0 Å². The molecule has 0 bridgehead atoms. The monoisotopic (exact) mass is 671 g/mol. The van der Waals surface area contributed by atoms with E-state index in [1.807, 2.05) is 36.7 Å². The minimum atomic E-state index is 0.664. The third kappa shape index (κ3) is 4.50. The van der Waals surface area contributed by atoms with Gasteiger partial charge in [-0.25, -0.2) is 0 Å². The molecule has 0 saturated heterocycles. The first-order valence-corrected chi connectivity index (χ1v) is 17.9. The Hall–Kier alpha value is -7.28. The van der Waals surface area contributed by atoms with E-state index in [0.717, 1.165) is 38.6 Å². The molecule has 0 aliphatic rings. The Kier molecular flexibility index (Phi) is 6.32. The highest BCUT2D eigenvalue weighted by Gasteiger charge is 2.17. The molecule has 0 N–H and O–H groups in total. The molecule has 3 nitrogen and oxygen atoms in total. The molecule has 9 aromatic carbocycles. The normalized spacial score (nSPS) is 11.8. The van der Waals surface area contributed by atoms with Crippen molar-refractivity contribution >= 4 is 64.9 Å². The number of nitrogens with zero attached hydrogens (tertiary/aromatic N) is 3. The van der Waals surface area contributed by atoms with Crippen LogP contribution in [0.3, 0.4) is 0 Å². The molecule has 11 rings (SSSR count). The van der Waals surface area contributed by atoms with E-state index in [-0.39, 0.29) is 0 Å². The van der Waals surface area contributed by atoms with Gasteiger partial charge in [0, 0.05) is 34.4 Å². The van der Waals surface area contributed by atoms with E-state index in [2.05, 4.69) is 155 Å². The first-order valence-electron chi connectivity index (χ1n) is 17.9. The van der Waals surface area contributed by atoms with Crippen molar-refractivity contribution in [3.05, 3.63) is 182 Å². The van der Waals surface area contributed by atoms with Crippen LogP contribution in [0, 0.1) is 11.3 Å². The lowest BCUT2D eigenvalue weighted by Crippen LogP contribution is -1.93. The molecule has 11 aromatic rings. The van der Waals surface area contributed by atoms with Crippen molar-refractivity contribution in [2.45, 2.75) is 0 Å². The van der Waals surface area contributed by atoms with Gasteiger partial charge in [-0.3, -0.25) is 4.98 Å². The molecule has 0 spiro atoms. The van der Waals surface area contributed by atoms with Crippen LogP contribution < -0.4 is 0 Å². The number of para-hydroxylation sites is 1. The summed E-state index contributed by atoms with van der Waals surface area (Å²) >= 11 is 0. The lowest BCUT2D eigenvalue weighted by atomic mass is 9.87. The van der Waals surface area contributed by atoms with E-state index < -0.39 is 0 Å². The summed E-state index contributed by atoms with van der Waals surface area (Å²) in [4.78, 5) is 4.35. The lowest BCUT2D eigenvalue weighted by molar-refractivity contribution is 1.18. The maximum Gasteiger partial charge on any atom is 0.0991 e. The number of hydrogen-bond acceptors (Lipinski definition) is 2. The minimum absolute atomic E-state index is 0.664. The van der Waals surface area contributed by atoms with Gasteiger partial charge in [0.1, 0.15) is 0 Å². The van der Waals surface area contributed by atoms with E-state index in [4.69, 9.17) is 0 Å². The number of nitriles is 1. The second-order valence-corrected chi connectivity index (χ2v) is 13.9. The topological polar surface area (TPSA) is 41.6 Å². The fourth-order valence-electron chi connectivity index (χ4n) is 8.61. The van der Waals surface area contributed by atoms with Gasteiger partial charge in [-0.2, -0.15) is 5.26 Å². The molecule has 0 unspecified atom stereocenters. The van der Waals surface area contributed by atoms with E-state index >= 15 is 0 Å². The maximum absolute atomic E-state index is 9.70. The average Bonchev–Trinajstić information content (AvgIpc) is 3.55. The van der Waals surface area contributed by atoms with Crippen molar-refractivity contribution in [1.29, 1.82) is 5.26 Å². The third-order valence-electron chi connectivity index (χ3n) is 11.0. The Morgan fingerprint density at radius 1 is 0.434 bits per heavy atom. The van der Waals surface area contributed by atoms with Gasteiger partial charge in [0.2, 0.25) is 0 Å². The van der Waals surface area contributed by atoms with E-state index in [9.17, 15) is 5.26 Å². The van der Waals surface area contributed by atoms with Crippen LogP contribution in [0.2, 0.25) is 0 Å². The molecule has 0 atom stereocenters. The van der Waals surface area contributed by atoms with Crippen LogP contribution in [0.15, 0.2) is 176 Å². The number of fused-ring (bicyclic) bond motifs is 4. The van der Waals surface area contributed by atoms with Gasteiger partial charge in [-0.05, 0) is 138 Å². The highest BCUT2D eigenvalue weighted by atomic mass is 15.0. The number of rotatable bonds is 4. The molecular weight excluding hydrogens is 643 g/mol. The Morgan fingerprint density at radius 2 is 1.08 bits per heavy atom. The first kappa shape index (κ1) is 29.5. The molecule has 53 heavy (non-hydrogen) atoms. The predicted octanol–water partition coefficient (Wildman–Crippen LogP) is 13.1. The number of benzene rings is 9. The van der Waals surface area contributed by atoms with Crippen molar-refractivity contribution in [1.82, 2.24) is 9.55 Å². The molecule has 0 saturated carbocycles. The number of hydrogen-bond donors (Lipinski definition) is 0. The van der Waals surface area contributed by atoms with Gasteiger partial charge in [-0.1, -0.05) is 97.1 Å². The summed E-state index contributed by atoms with van der Waals surface area (Å²) in [6, 6.07) is 61.4. The van der Waals surface area contributed by atoms with Crippen LogP contribution in [0.1, 0.15) is 5.56 Å². The molecule has 0 radical (unpaired) electrons. The Morgan fingerprint density at radius 3 is 1.72 bits per heavy atom. The van der Waals surface area contributed by atoms with Gasteiger partial charge >= 0.3 is 0 Å². The lowest BCUT2D eigenvalue weighted by Gasteiger charge is -2.16. The fraction of sp³-hybridized carbons (Fsp3) is 0. The number of aromatic nitrogens is 2. The molecule has 3 heteroatoms. The number of pyridine rings is 1. The van der Waals surface area contributed by atoms with Gasteiger partial charge in [0.05, 0.1) is 22.7 Å². The van der Waals surface area contributed by atoms with Crippen LogP contribution in [0.5, 0.6) is 0 Å². The molecule has 2 aromatic heterocycles. The van der Waals surface area contributed by atoms with Crippen LogP contribution in [0.4, 0.5) is 0 Å². The van der Waals surface area contributed by atoms with Crippen molar-refractivity contribution < 1.29 is 0 Å². The van der Waals surface area contributed by atoms with Gasteiger partial charge in [0.25, 0.3) is 0 Å². The molecule has 0 amide bonds. The smallest absolute Gasteiger partial charge is 0.0991 e. The predicted molar refractivity (Wildman–Crippen MR) is 221 cm³/mol. The average molecular weight is 672 g/mol. The molecule has 244 valence electrons. The van der Waals surface area contributed by atoms with E-state index in [1.54, 1.807) is 0 Å². The quantitative estimate of drug-likeness (QED) is 0.175. The maximum atomic E-state index is 9.70. The SMILES string of the molecule is N#Cc1ccc2c(c1)c1ccc(-c3ccc(-c4cc5ccc6cc(-c7cccnc7)cc7ccc(c4)c5c67)c4ccccc34)cc1n2-c1ccccc1. The molecule has 2 heterocycles. The second-order valence-electron chi connectivity index (χ2n) is 13.9. The highest BCUT2D eigenvalue weighted by molar-refractivity contribution is 6.25. The third-order valence-corrected chi connectivity index (χ3v) is 11.0. The van der Waals surface area contributed by atoms with Crippen LogP contribution >= 0.6 is 0 Å². The van der Waals surface area contributed by atoms with Crippen molar-refractivity contribution in [3.63, 3.8) is 0 Å². The largest absolute Gasteiger partial charge is 0.309 e. The summed E-state index contributed by atoms with van der Waals surface area (Å²) in [7, 11) is 0. The van der Waals surface area contributed by atoms with Crippen LogP contribution in [-0.4, -0.2) is 9.55 Å². The van der Waals surface area contributed by atoms with Gasteiger partial charge in [0.15, 0.2) is 0 Å². The molecular formula is C50H29N3. The van der Waals surface area contributed by atoms with E-state index in [1.165, 1.54) is 65.3 Å². The summed E-state index contributed by atoms with van der Waals surface area (Å²) in [5, 5.41) is 22.0. The van der Waals surface area contributed by atoms with E-state index in [0.29, 0.717) is 5.56 Å². The van der Waals surface area contributed by atoms with Crippen LogP contribution in [0.25, 0.3) is 104 Å². The first-order chi connectivity index (χ1) is 26.2. The fourth-order valence-corrected chi connectivity index (χ4v) is 8.61. The summed E-state index contributed by atoms with van der Waals surface area (Å²) in [5.74, 6) is 0. The summed E-state index contributed by atoms with van der Waals surface area (Å²) < 4.78 is 2.31. The summed E-state index contributed by atoms with van der Waals surface area (Å²) in [6.45, 7) is 0. The Balaban J connectivity index is 1.08. The highest BCUT2D eigenvalue weighted by Crippen LogP contribution is 2.43. The zero-order chi connectivity index (χ0) is 35.0. The van der Waals surface area contributed by atoms with Gasteiger partial charge in [-0.15, -0.1) is 0 Å². The van der Waals surface area contributed by atoms with Crippen molar-refractivity contribution in [3.8, 4) is 45.1 Å².